The lowest BCUT2D eigenvalue weighted by molar-refractivity contribution is -0.129. The van der Waals surface area contributed by atoms with Gasteiger partial charge in [0.25, 0.3) is 0 Å². The molecule has 0 bridgehead atoms. The molecule has 3 heteroatoms. The van der Waals surface area contributed by atoms with E-state index in [0.717, 1.165) is 17.3 Å². The summed E-state index contributed by atoms with van der Waals surface area (Å²) in [6, 6.07) is 5.17. The summed E-state index contributed by atoms with van der Waals surface area (Å²) < 4.78 is 14.7. The summed E-state index contributed by atoms with van der Waals surface area (Å²) in [6.07, 6.45) is 3.32. The minimum atomic E-state index is -0.191. The van der Waals surface area contributed by atoms with Crippen LogP contribution in [0.1, 0.15) is 45.6 Å². The van der Waals surface area contributed by atoms with Gasteiger partial charge in [0, 0.05) is 16.8 Å². The van der Waals surface area contributed by atoms with Gasteiger partial charge in [-0.05, 0) is 48.3 Å². The maximum absolute atomic E-state index is 14.0. The highest BCUT2D eigenvalue weighted by Crippen LogP contribution is 2.40. The monoisotopic (exact) mass is 340 g/mol. The Hall–Kier alpha value is -0.700. The van der Waals surface area contributed by atoms with E-state index in [9.17, 15) is 9.18 Å². The molecule has 0 heterocycles. The fourth-order valence-corrected chi connectivity index (χ4v) is 3.64. The van der Waals surface area contributed by atoms with Gasteiger partial charge in [0.1, 0.15) is 11.6 Å². The first-order valence-electron chi connectivity index (χ1n) is 7.26. The van der Waals surface area contributed by atoms with E-state index in [4.69, 9.17) is 0 Å². The van der Waals surface area contributed by atoms with Gasteiger partial charge in [-0.2, -0.15) is 0 Å². The van der Waals surface area contributed by atoms with E-state index in [1.54, 1.807) is 0 Å². The third-order valence-electron chi connectivity index (χ3n) is 4.49. The van der Waals surface area contributed by atoms with Crippen LogP contribution in [0, 0.1) is 23.1 Å². The van der Waals surface area contributed by atoms with Crippen molar-refractivity contribution in [2.24, 2.45) is 17.3 Å². The van der Waals surface area contributed by atoms with Gasteiger partial charge >= 0.3 is 0 Å². The Balaban J connectivity index is 2.16. The van der Waals surface area contributed by atoms with Gasteiger partial charge in [-0.1, -0.05) is 42.8 Å². The molecular formula is C17H22BrFO. The SMILES string of the molecule is CC1CCC(C(C)(C)Cc2ccc(Br)cc2F)C(=O)C1. The summed E-state index contributed by atoms with van der Waals surface area (Å²) in [7, 11) is 0. The molecule has 2 rings (SSSR count). The summed E-state index contributed by atoms with van der Waals surface area (Å²) in [5, 5.41) is 0. The maximum Gasteiger partial charge on any atom is 0.136 e. The molecule has 0 saturated heterocycles. The van der Waals surface area contributed by atoms with Gasteiger partial charge in [-0.25, -0.2) is 4.39 Å². The van der Waals surface area contributed by atoms with Gasteiger partial charge in [0.05, 0.1) is 0 Å². The van der Waals surface area contributed by atoms with E-state index < -0.39 is 0 Å². The van der Waals surface area contributed by atoms with Crippen molar-refractivity contribution in [3.05, 3.63) is 34.1 Å². The number of Topliss-reactive ketones (excluding diaryl/α,β-unsaturated/α-hetero) is 1. The number of hydrogen-bond donors (Lipinski definition) is 0. The third kappa shape index (κ3) is 3.49. The highest BCUT2D eigenvalue weighted by molar-refractivity contribution is 9.10. The topological polar surface area (TPSA) is 17.1 Å². The average Bonchev–Trinajstić information content (AvgIpc) is 2.32. The molecule has 1 aliphatic rings. The van der Waals surface area contributed by atoms with E-state index in [1.165, 1.54) is 6.07 Å². The quantitative estimate of drug-likeness (QED) is 0.742. The molecule has 1 aliphatic carbocycles. The molecule has 1 aromatic rings. The van der Waals surface area contributed by atoms with Crippen LogP contribution in [-0.2, 0) is 11.2 Å². The number of ketones is 1. The predicted molar refractivity (Wildman–Crippen MR) is 83.1 cm³/mol. The van der Waals surface area contributed by atoms with Crippen LogP contribution in [0.5, 0.6) is 0 Å². The molecular weight excluding hydrogens is 319 g/mol. The molecule has 0 radical (unpaired) electrons. The van der Waals surface area contributed by atoms with Crippen LogP contribution in [0.15, 0.2) is 22.7 Å². The predicted octanol–water partition coefficient (Wildman–Crippen LogP) is 5.16. The molecule has 2 atom stereocenters. The Labute approximate surface area is 129 Å². The minimum Gasteiger partial charge on any atom is -0.299 e. The van der Waals surface area contributed by atoms with Crippen LogP contribution in [0.4, 0.5) is 4.39 Å². The Bertz CT molecular complexity index is 510. The Kier molecular flexibility index (Phi) is 4.68. The first kappa shape index (κ1) is 15.7. The number of halogens is 2. The van der Waals surface area contributed by atoms with E-state index in [1.807, 2.05) is 12.1 Å². The first-order valence-corrected chi connectivity index (χ1v) is 8.05. The van der Waals surface area contributed by atoms with Crippen molar-refractivity contribution in [1.29, 1.82) is 0 Å². The molecule has 2 unspecified atom stereocenters. The van der Waals surface area contributed by atoms with Crippen molar-refractivity contribution in [2.45, 2.75) is 46.5 Å². The average molecular weight is 341 g/mol. The molecule has 1 aromatic carbocycles. The molecule has 0 amide bonds. The zero-order valence-electron chi connectivity index (χ0n) is 12.4. The van der Waals surface area contributed by atoms with Crippen molar-refractivity contribution in [1.82, 2.24) is 0 Å². The van der Waals surface area contributed by atoms with Gasteiger partial charge in [-0.3, -0.25) is 4.79 Å². The van der Waals surface area contributed by atoms with Crippen molar-refractivity contribution >= 4 is 21.7 Å². The van der Waals surface area contributed by atoms with Gasteiger partial charge in [0.15, 0.2) is 0 Å². The zero-order chi connectivity index (χ0) is 14.9. The van der Waals surface area contributed by atoms with Crippen LogP contribution in [-0.4, -0.2) is 5.78 Å². The van der Waals surface area contributed by atoms with Gasteiger partial charge in [0.2, 0.25) is 0 Å². The molecule has 0 N–H and O–H groups in total. The number of benzene rings is 1. The van der Waals surface area contributed by atoms with Crippen LogP contribution in [0.2, 0.25) is 0 Å². The molecule has 0 spiro atoms. The van der Waals surface area contributed by atoms with Crippen molar-refractivity contribution in [2.75, 3.05) is 0 Å². The fraction of sp³-hybridized carbons (Fsp3) is 0.588. The highest BCUT2D eigenvalue weighted by Gasteiger charge is 2.38. The van der Waals surface area contributed by atoms with Gasteiger partial charge in [-0.15, -0.1) is 0 Å². The standard InChI is InChI=1S/C17H22BrFO/c1-11-4-7-14(16(20)8-11)17(2,3)10-12-5-6-13(18)9-15(12)19/h5-6,9,11,14H,4,7-8,10H2,1-3H3. The third-order valence-corrected chi connectivity index (χ3v) is 4.98. The maximum atomic E-state index is 14.0. The van der Waals surface area contributed by atoms with Crippen molar-refractivity contribution < 1.29 is 9.18 Å². The van der Waals surface area contributed by atoms with E-state index in [-0.39, 0.29) is 17.2 Å². The Morgan fingerprint density at radius 1 is 1.35 bits per heavy atom. The smallest absolute Gasteiger partial charge is 0.136 e. The second-order valence-electron chi connectivity index (χ2n) is 6.81. The lowest BCUT2D eigenvalue weighted by Crippen LogP contribution is -2.37. The minimum absolute atomic E-state index is 0.0572. The second kappa shape index (κ2) is 5.97. The lowest BCUT2D eigenvalue weighted by atomic mass is 9.66. The molecule has 0 aliphatic heterocycles. The van der Waals surface area contributed by atoms with Crippen molar-refractivity contribution in [3.8, 4) is 0 Å². The molecule has 20 heavy (non-hydrogen) atoms. The summed E-state index contributed by atoms with van der Waals surface area (Å²) in [6.45, 7) is 6.32. The van der Waals surface area contributed by atoms with E-state index >= 15 is 0 Å². The Morgan fingerprint density at radius 3 is 2.65 bits per heavy atom. The van der Waals surface area contributed by atoms with E-state index in [2.05, 4.69) is 36.7 Å². The summed E-state index contributed by atoms with van der Waals surface area (Å²) in [4.78, 5) is 12.3. The molecule has 1 fully saturated rings. The Morgan fingerprint density at radius 2 is 2.05 bits per heavy atom. The fourth-order valence-electron chi connectivity index (χ4n) is 3.31. The van der Waals surface area contributed by atoms with Crippen LogP contribution >= 0.6 is 15.9 Å². The second-order valence-corrected chi connectivity index (χ2v) is 7.72. The van der Waals surface area contributed by atoms with Crippen LogP contribution < -0.4 is 0 Å². The first-order chi connectivity index (χ1) is 9.29. The summed E-state index contributed by atoms with van der Waals surface area (Å²) in [5.41, 5.74) is 0.510. The largest absolute Gasteiger partial charge is 0.299 e. The zero-order valence-corrected chi connectivity index (χ0v) is 14.0. The van der Waals surface area contributed by atoms with Crippen molar-refractivity contribution in [3.63, 3.8) is 0 Å². The van der Waals surface area contributed by atoms with E-state index in [0.29, 0.717) is 30.1 Å². The number of carbonyl (C=O) groups is 1. The van der Waals surface area contributed by atoms with Gasteiger partial charge < -0.3 is 0 Å². The van der Waals surface area contributed by atoms with Crippen LogP contribution in [0.3, 0.4) is 0 Å². The summed E-state index contributed by atoms with van der Waals surface area (Å²) in [5.74, 6) is 0.719. The molecule has 1 nitrogen and oxygen atoms in total. The van der Waals surface area contributed by atoms with Crippen LogP contribution in [0.25, 0.3) is 0 Å². The normalized spacial score (nSPS) is 23.9. The lowest BCUT2D eigenvalue weighted by Gasteiger charge is -2.37. The molecule has 110 valence electrons. The summed E-state index contributed by atoms with van der Waals surface area (Å²) >= 11 is 3.27. The molecule has 1 saturated carbocycles. The number of carbonyl (C=O) groups excluding carboxylic acids is 1. The number of rotatable bonds is 3. The highest BCUT2D eigenvalue weighted by atomic mass is 79.9. The number of hydrogen-bond acceptors (Lipinski definition) is 1. The molecule has 0 aromatic heterocycles.